The highest BCUT2D eigenvalue weighted by Gasteiger charge is 2.28. The molecule has 1 amide bonds. The summed E-state index contributed by atoms with van der Waals surface area (Å²) < 4.78 is 1.62. The molecule has 19 heavy (non-hydrogen) atoms. The van der Waals surface area contributed by atoms with Crippen molar-refractivity contribution < 1.29 is 14.8 Å². The molecule has 2 rings (SSSR count). The van der Waals surface area contributed by atoms with Crippen molar-refractivity contribution in [3.8, 4) is 0 Å². The molecule has 1 atom stereocenters. The highest BCUT2D eigenvalue weighted by atomic mass is 16.6. The van der Waals surface area contributed by atoms with Crippen molar-refractivity contribution in [1.82, 2.24) is 9.47 Å². The lowest BCUT2D eigenvalue weighted by atomic mass is 10.3. The van der Waals surface area contributed by atoms with Crippen LogP contribution < -0.4 is 0 Å². The Balaban J connectivity index is 2.26. The first-order valence-electron chi connectivity index (χ1n) is 6.34. The van der Waals surface area contributed by atoms with Crippen LogP contribution in [-0.4, -0.2) is 44.6 Å². The van der Waals surface area contributed by atoms with Crippen LogP contribution in [0, 0.1) is 10.1 Å². The molecular formula is C12H17N3O4. The fourth-order valence-corrected chi connectivity index (χ4v) is 2.29. The Bertz CT molecular complexity index is 497. The number of aliphatic hydroxyl groups excluding tert-OH is 1. The number of hydrogen-bond acceptors (Lipinski definition) is 4. The minimum Gasteiger partial charge on any atom is -0.391 e. The number of carbonyl (C=O) groups is 1. The Morgan fingerprint density at radius 3 is 2.89 bits per heavy atom. The van der Waals surface area contributed by atoms with E-state index in [0.29, 0.717) is 31.7 Å². The summed E-state index contributed by atoms with van der Waals surface area (Å²) in [6.07, 6.45) is 2.24. The number of nitro groups is 1. The minimum absolute atomic E-state index is 0.0726. The van der Waals surface area contributed by atoms with Crippen LogP contribution in [0.3, 0.4) is 0 Å². The van der Waals surface area contributed by atoms with Gasteiger partial charge >= 0.3 is 0 Å². The van der Waals surface area contributed by atoms with Crippen LogP contribution in [0.2, 0.25) is 0 Å². The quantitative estimate of drug-likeness (QED) is 0.651. The zero-order chi connectivity index (χ0) is 14.0. The van der Waals surface area contributed by atoms with Crippen molar-refractivity contribution in [2.75, 3.05) is 13.1 Å². The van der Waals surface area contributed by atoms with E-state index in [1.165, 1.54) is 17.2 Å². The van der Waals surface area contributed by atoms with Crippen LogP contribution in [0.5, 0.6) is 0 Å². The van der Waals surface area contributed by atoms with Gasteiger partial charge in [0.1, 0.15) is 5.69 Å². The van der Waals surface area contributed by atoms with Gasteiger partial charge in [-0.15, -0.1) is 0 Å². The van der Waals surface area contributed by atoms with E-state index in [1.807, 2.05) is 6.92 Å². The lowest BCUT2D eigenvalue weighted by Gasteiger charge is -2.16. The molecule has 0 radical (unpaired) electrons. The van der Waals surface area contributed by atoms with Crippen molar-refractivity contribution in [3.63, 3.8) is 0 Å². The van der Waals surface area contributed by atoms with Crippen molar-refractivity contribution >= 4 is 11.6 Å². The first-order chi connectivity index (χ1) is 9.02. The molecule has 0 aliphatic carbocycles. The molecule has 1 aromatic heterocycles. The molecular weight excluding hydrogens is 250 g/mol. The summed E-state index contributed by atoms with van der Waals surface area (Å²) in [5.41, 5.74) is 0.249. The second-order valence-electron chi connectivity index (χ2n) is 4.73. The number of aryl methyl sites for hydroxylation is 1. The first-order valence-corrected chi connectivity index (χ1v) is 6.34. The number of rotatable bonds is 4. The van der Waals surface area contributed by atoms with E-state index in [0.717, 1.165) is 6.42 Å². The Hall–Kier alpha value is -1.89. The predicted octanol–water partition coefficient (Wildman–Crippen LogP) is 1.01. The van der Waals surface area contributed by atoms with Crippen molar-refractivity contribution in [2.24, 2.45) is 0 Å². The lowest BCUT2D eigenvalue weighted by molar-refractivity contribution is -0.384. The number of nitrogens with zero attached hydrogens (tertiary/aromatic N) is 3. The van der Waals surface area contributed by atoms with Gasteiger partial charge in [-0.1, -0.05) is 6.92 Å². The standard InChI is InChI=1S/C12H17N3O4/c1-2-4-13-7-9(15(18)19)6-11(13)12(17)14-5-3-10(16)8-14/h6-7,10,16H,2-5,8H2,1H3. The summed E-state index contributed by atoms with van der Waals surface area (Å²) in [7, 11) is 0. The number of aliphatic hydroxyl groups is 1. The third-order valence-corrected chi connectivity index (χ3v) is 3.23. The molecule has 0 saturated carbocycles. The molecule has 1 fully saturated rings. The van der Waals surface area contributed by atoms with Gasteiger partial charge in [0.15, 0.2) is 0 Å². The van der Waals surface area contributed by atoms with E-state index in [9.17, 15) is 20.0 Å². The van der Waals surface area contributed by atoms with Crippen molar-refractivity contribution in [1.29, 1.82) is 0 Å². The molecule has 1 saturated heterocycles. The van der Waals surface area contributed by atoms with Crippen LogP contribution in [-0.2, 0) is 6.54 Å². The van der Waals surface area contributed by atoms with E-state index in [2.05, 4.69) is 0 Å². The Morgan fingerprint density at radius 2 is 2.37 bits per heavy atom. The number of carbonyl (C=O) groups excluding carboxylic acids is 1. The zero-order valence-electron chi connectivity index (χ0n) is 10.8. The fraction of sp³-hybridized carbons (Fsp3) is 0.583. The molecule has 7 nitrogen and oxygen atoms in total. The third kappa shape index (κ3) is 2.76. The van der Waals surface area contributed by atoms with Gasteiger partial charge in [0.05, 0.1) is 17.2 Å². The summed E-state index contributed by atoms with van der Waals surface area (Å²) in [5.74, 6) is -0.252. The largest absolute Gasteiger partial charge is 0.391 e. The Labute approximate surface area is 110 Å². The normalized spacial score (nSPS) is 18.8. The van der Waals surface area contributed by atoms with Gasteiger partial charge in [-0.25, -0.2) is 0 Å². The summed E-state index contributed by atoms with van der Waals surface area (Å²) >= 11 is 0. The number of aromatic nitrogens is 1. The van der Waals surface area contributed by atoms with Gasteiger partial charge in [-0.2, -0.15) is 0 Å². The second-order valence-corrected chi connectivity index (χ2v) is 4.73. The predicted molar refractivity (Wildman–Crippen MR) is 67.9 cm³/mol. The third-order valence-electron chi connectivity index (χ3n) is 3.23. The van der Waals surface area contributed by atoms with Gasteiger partial charge in [0.2, 0.25) is 0 Å². The maximum absolute atomic E-state index is 12.3. The molecule has 104 valence electrons. The van der Waals surface area contributed by atoms with E-state index in [-0.39, 0.29) is 11.6 Å². The molecule has 1 aliphatic heterocycles. The molecule has 1 unspecified atom stereocenters. The Kier molecular flexibility index (Phi) is 3.84. The van der Waals surface area contributed by atoms with Gasteiger partial charge in [-0.3, -0.25) is 14.9 Å². The highest BCUT2D eigenvalue weighted by Crippen LogP contribution is 2.20. The van der Waals surface area contributed by atoms with Crippen LogP contribution in [0.25, 0.3) is 0 Å². The Morgan fingerprint density at radius 1 is 1.63 bits per heavy atom. The second kappa shape index (κ2) is 5.40. The van der Waals surface area contributed by atoms with E-state index < -0.39 is 11.0 Å². The van der Waals surface area contributed by atoms with E-state index in [4.69, 9.17) is 0 Å². The summed E-state index contributed by atoms with van der Waals surface area (Å²) in [6.45, 7) is 3.29. The molecule has 0 aromatic carbocycles. The topological polar surface area (TPSA) is 88.6 Å². The molecule has 7 heteroatoms. The molecule has 1 N–H and O–H groups in total. The van der Waals surface area contributed by atoms with Crippen LogP contribution in [0.4, 0.5) is 5.69 Å². The van der Waals surface area contributed by atoms with Crippen molar-refractivity contribution in [2.45, 2.75) is 32.4 Å². The molecule has 0 spiro atoms. The van der Waals surface area contributed by atoms with Crippen LogP contribution in [0.1, 0.15) is 30.3 Å². The number of β-amino-alcohol motifs (C(OH)–C–C–N with tert-alkyl or cyclic N) is 1. The average molecular weight is 267 g/mol. The fourth-order valence-electron chi connectivity index (χ4n) is 2.29. The highest BCUT2D eigenvalue weighted by molar-refractivity contribution is 5.93. The van der Waals surface area contributed by atoms with Crippen LogP contribution >= 0.6 is 0 Å². The average Bonchev–Trinajstić information content (AvgIpc) is 2.95. The van der Waals surface area contributed by atoms with Crippen LogP contribution in [0.15, 0.2) is 12.3 Å². The lowest BCUT2D eigenvalue weighted by Crippen LogP contribution is -2.31. The summed E-state index contributed by atoms with van der Waals surface area (Å²) in [4.78, 5) is 24.1. The number of amides is 1. The smallest absolute Gasteiger partial charge is 0.287 e. The minimum atomic E-state index is -0.498. The van der Waals surface area contributed by atoms with Crippen molar-refractivity contribution in [3.05, 3.63) is 28.1 Å². The van der Waals surface area contributed by atoms with Gasteiger partial charge in [0.25, 0.3) is 11.6 Å². The molecule has 0 bridgehead atoms. The van der Waals surface area contributed by atoms with E-state index in [1.54, 1.807) is 4.57 Å². The van der Waals surface area contributed by atoms with Gasteiger partial charge in [0, 0.05) is 25.7 Å². The van der Waals surface area contributed by atoms with Gasteiger partial charge < -0.3 is 14.6 Å². The monoisotopic (exact) mass is 267 g/mol. The van der Waals surface area contributed by atoms with Gasteiger partial charge in [-0.05, 0) is 12.8 Å². The maximum atomic E-state index is 12.3. The summed E-state index contributed by atoms with van der Waals surface area (Å²) in [5, 5.41) is 20.2. The summed E-state index contributed by atoms with van der Waals surface area (Å²) in [6, 6.07) is 1.31. The molecule has 1 aromatic rings. The maximum Gasteiger partial charge on any atom is 0.287 e. The van der Waals surface area contributed by atoms with E-state index >= 15 is 0 Å². The SMILES string of the molecule is CCCn1cc([N+](=O)[O-])cc1C(=O)N1CCC(O)C1. The number of hydrogen-bond donors (Lipinski definition) is 1. The first kappa shape index (κ1) is 13.5. The molecule has 1 aliphatic rings. The zero-order valence-corrected chi connectivity index (χ0v) is 10.8. The number of likely N-dealkylation sites (tertiary alicyclic amines) is 1. The molecule has 2 heterocycles.